The Morgan fingerprint density at radius 2 is 2.55 bits per heavy atom. The monoisotopic (exact) mass is 156 g/mol. The number of likely N-dealkylation sites (tertiary alicyclic amines) is 1. The molecule has 11 heavy (non-hydrogen) atoms. The normalized spacial score (nSPS) is 24.8. The minimum absolute atomic E-state index is 0.191. The molecule has 1 amide bonds. The fourth-order valence-corrected chi connectivity index (χ4v) is 1.11. The number of alkyl halides is 1. The summed E-state index contributed by atoms with van der Waals surface area (Å²) >= 11 is 0. The summed E-state index contributed by atoms with van der Waals surface area (Å²) in [5.74, 6) is -0.191. The van der Waals surface area contributed by atoms with Gasteiger partial charge in [0.25, 0.3) is 0 Å². The molecule has 0 aromatic carbocycles. The molecule has 0 bridgehead atoms. The van der Waals surface area contributed by atoms with Gasteiger partial charge in [-0.2, -0.15) is 0 Å². The Balaban J connectivity index is 2.45. The third kappa shape index (κ3) is 2.03. The van der Waals surface area contributed by atoms with Crippen molar-refractivity contribution in [2.45, 2.75) is 12.6 Å². The average Bonchev–Trinajstić information content (AvgIpc) is 2.03. The molecule has 2 nitrogen and oxygen atoms in total. The Labute approximate surface area is 65.7 Å². The van der Waals surface area contributed by atoms with Gasteiger partial charge in [0.05, 0.1) is 6.54 Å². The van der Waals surface area contributed by atoms with Gasteiger partial charge in [0.2, 0.25) is 5.91 Å². The lowest BCUT2D eigenvalue weighted by Gasteiger charge is -2.27. The Hall–Kier alpha value is -0.860. The van der Waals surface area contributed by atoms with Gasteiger partial charge in [-0.3, -0.25) is 4.79 Å². The Morgan fingerprint density at radius 3 is 3.09 bits per heavy atom. The van der Waals surface area contributed by atoms with Crippen molar-refractivity contribution in [2.24, 2.45) is 0 Å². The second-order valence-electron chi connectivity index (χ2n) is 2.57. The Kier molecular flexibility index (Phi) is 2.63. The van der Waals surface area contributed by atoms with E-state index in [1.807, 2.05) is 0 Å². The first kappa shape index (κ1) is 8.24. The number of rotatable bonds is 1. The van der Waals surface area contributed by atoms with Gasteiger partial charge in [0, 0.05) is 6.54 Å². The largest absolute Gasteiger partial charge is 0.336 e. The number of nitrogens with zero attached hydrogens (tertiary/aromatic N) is 1. The van der Waals surface area contributed by atoms with E-state index in [1.54, 1.807) is 6.42 Å². The molecule has 0 N–H and O–H groups in total. The van der Waals surface area contributed by atoms with E-state index in [4.69, 9.17) is 0 Å². The zero-order valence-corrected chi connectivity index (χ0v) is 6.29. The maximum Gasteiger partial charge on any atom is 0.246 e. The smallest absolute Gasteiger partial charge is 0.246 e. The van der Waals surface area contributed by atoms with Gasteiger partial charge in [-0.1, -0.05) is 6.58 Å². The summed E-state index contributed by atoms with van der Waals surface area (Å²) in [7, 11) is 0. The summed E-state index contributed by atoms with van der Waals surface area (Å²) in [5.41, 5.74) is 0. The van der Waals surface area contributed by atoms with Gasteiger partial charge in [-0.05, 0) is 18.9 Å². The molecule has 1 aliphatic heterocycles. The third-order valence-corrected chi connectivity index (χ3v) is 1.68. The molecular weight excluding hydrogens is 145 g/mol. The Bertz CT molecular complexity index is 169. The zero-order chi connectivity index (χ0) is 8.27. The lowest BCUT2D eigenvalue weighted by atomic mass is 10.1. The molecule has 0 aliphatic carbocycles. The first-order valence-corrected chi connectivity index (χ1v) is 3.61. The summed E-state index contributed by atoms with van der Waals surface area (Å²) in [4.78, 5) is 12.4. The third-order valence-electron chi connectivity index (χ3n) is 1.68. The first-order valence-electron chi connectivity index (χ1n) is 3.61. The highest BCUT2D eigenvalue weighted by atomic mass is 19.1. The number of hydrogen-bond acceptors (Lipinski definition) is 1. The van der Waals surface area contributed by atoms with Gasteiger partial charge in [0.1, 0.15) is 6.17 Å². The molecule has 1 rings (SSSR count). The summed E-state index contributed by atoms with van der Waals surface area (Å²) in [6.45, 7) is 4.09. The lowest BCUT2D eigenvalue weighted by molar-refractivity contribution is -0.127. The highest BCUT2D eigenvalue weighted by Crippen LogP contribution is 2.11. The molecule has 61 valence electrons. The van der Waals surface area contributed by atoms with E-state index >= 15 is 0 Å². The molecule has 0 aromatic rings. The highest BCUT2D eigenvalue weighted by Gasteiger charge is 2.21. The van der Waals surface area contributed by atoms with Crippen molar-refractivity contribution in [3.8, 4) is 0 Å². The number of halogens is 1. The maximum atomic E-state index is 12.7. The minimum atomic E-state index is -0.896. The van der Waals surface area contributed by atoms with Crippen LogP contribution in [0.1, 0.15) is 6.42 Å². The lowest BCUT2D eigenvalue weighted by Crippen LogP contribution is -2.40. The van der Waals surface area contributed by atoms with Crippen molar-refractivity contribution in [1.82, 2.24) is 4.90 Å². The van der Waals surface area contributed by atoms with Crippen LogP contribution in [-0.4, -0.2) is 30.1 Å². The molecule has 1 radical (unpaired) electrons. The fourth-order valence-electron chi connectivity index (χ4n) is 1.11. The van der Waals surface area contributed by atoms with Crippen LogP contribution in [0.4, 0.5) is 4.39 Å². The molecule has 3 heteroatoms. The quantitative estimate of drug-likeness (QED) is 0.517. The maximum absolute atomic E-state index is 12.7. The van der Waals surface area contributed by atoms with E-state index in [-0.39, 0.29) is 12.5 Å². The Morgan fingerprint density at radius 1 is 1.82 bits per heavy atom. The molecule has 1 fully saturated rings. The van der Waals surface area contributed by atoms with Crippen LogP contribution >= 0.6 is 0 Å². The van der Waals surface area contributed by atoms with Crippen LogP contribution in [0.5, 0.6) is 0 Å². The van der Waals surface area contributed by atoms with Gasteiger partial charge < -0.3 is 4.90 Å². The number of hydrogen-bond donors (Lipinski definition) is 0. The van der Waals surface area contributed by atoms with Crippen LogP contribution in [0.3, 0.4) is 0 Å². The van der Waals surface area contributed by atoms with E-state index in [0.29, 0.717) is 13.0 Å². The molecule has 0 aromatic heterocycles. The molecule has 1 saturated heterocycles. The number of amides is 1. The second-order valence-corrected chi connectivity index (χ2v) is 2.57. The van der Waals surface area contributed by atoms with Crippen molar-refractivity contribution >= 4 is 5.91 Å². The van der Waals surface area contributed by atoms with Crippen LogP contribution in [0.25, 0.3) is 0 Å². The number of carbonyl (C=O) groups excluding carboxylic acids is 1. The predicted octanol–water partition coefficient (Wildman–Crippen LogP) is 0.947. The molecule has 1 unspecified atom stereocenters. The highest BCUT2D eigenvalue weighted by molar-refractivity contribution is 5.87. The van der Waals surface area contributed by atoms with E-state index in [0.717, 1.165) is 0 Å². The van der Waals surface area contributed by atoms with Crippen LogP contribution in [0, 0.1) is 6.42 Å². The van der Waals surface area contributed by atoms with Crippen molar-refractivity contribution in [1.29, 1.82) is 0 Å². The van der Waals surface area contributed by atoms with Gasteiger partial charge in [-0.15, -0.1) is 0 Å². The molecule has 1 heterocycles. The average molecular weight is 156 g/mol. The van der Waals surface area contributed by atoms with Crippen LogP contribution in [0.15, 0.2) is 12.7 Å². The number of carbonyl (C=O) groups is 1. The SMILES string of the molecule is C=CC(=O)N1C[CH]CC(F)C1. The minimum Gasteiger partial charge on any atom is -0.336 e. The topological polar surface area (TPSA) is 20.3 Å². The van der Waals surface area contributed by atoms with Gasteiger partial charge in [-0.25, -0.2) is 4.39 Å². The summed E-state index contributed by atoms with van der Waals surface area (Å²) < 4.78 is 12.7. The standard InChI is InChI=1S/C8H11FNO/c1-2-8(11)10-5-3-4-7(9)6-10/h2-3,7H,1,4-6H2. The van der Waals surface area contributed by atoms with E-state index in [2.05, 4.69) is 6.58 Å². The summed E-state index contributed by atoms with van der Waals surface area (Å²) in [5, 5.41) is 0. The van der Waals surface area contributed by atoms with Crippen LogP contribution in [0.2, 0.25) is 0 Å². The summed E-state index contributed by atoms with van der Waals surface area (Å²) in [6, 6.07) is 0. The zero-order valence-electron chi connectivity index (χ0n) is 6.29. The van der Waals surface area contributed by atoms with Crippen LogP contribution < -0.4 is 0 Å². The second kappa shape index (κ2) is 3.51. The van der Waals surface area contributed by atoms with E-state index in [9.17, 15) is 9.18 Å². The fraction of sp³-hybridized carbons (Fsp3) is 0.500. The molecule has 1 atom stereocenters. The van der Waals surface area contributed by atoms with Crippen molar-refractivity contribution < 1.29 is 9.18 Å². The van der Waals surface area contributed by atoms with E-state index < -0.39 is 6.17 Å². The number of piperidine rings is 1. The van der Waals surface area contributed by atoms with Crippen molar-refractivity contribution in [2.75, 3.05) is 13.1 Å². The first-order chi connectivity index (χ1) is 5.24. The predicted molar refractivity (Wildman–Crippen MR) is 40.6 cm³/mol. The summed E-state index contributed by atoms with van der Waals surface area (Å²) in [6.07, 6.45) is 2.55. The van der Waals surface area contributed by atoms with Crippen molar-refractivity contribution in [3.05, 3.63) is 19.1 Å². The van der Waals surface area contributed by atoms with Crippen LogP contribution in [-0.2, 0) is 4.79 Å². The molecular formula is C8H11FNO. The molecule has 0 saturated carbocycles. The molecule has 1 aliphatic rings. The molecule has 0 spiro atoms. The van der Waals surface area contributed by atoms with E-state index in [1.165, 1.54) is 11.0 Å². The van der Waals surface area contributed by atoms with Crippen molar-refractivity contribution in [3.63, 3.8) is 0 Å². The van der Waals surface area contributed by atoms with Gasteiger partial charge >= 0.3 is 0 Å². The van der Waals surface area contributed by atoms with Gasteiger partial charge in [0.15, 0.2) is 0 Å².